The van der Waals surface area contributed by atoms with E-state index < -0.39 is 10.8 Å². The van der Waals surface area contributed by atoms with Gasteiger partial charge in [-0.25, -0.2) is 0 Å². The van der Waals surface area contributed by atoms with Crippen LogP contribution < -0.4 is 5.32 Å². The van der Waals surface area contributed by atoms with Crippen molar-refractivity contribution in [2.75, 3.05) is 20.3 Å². The van der Waals surface area contributed by atoms with E-state index in [0.717, 1.165) is 37.6 Å². The summed E-state index contributed by atoms with van der Waals surface area (Å²) in [7, 11) is 1.04. The SMILES string of the molecule is CNCc1ccc(CS(=O)C2CCOCC2)o1. The fourth-order valence-corrected chi connectivity index (χ4v) is 3.36. The van der Waals surface area contributed by atoms with Gasteiger partial charge in [-0.05, 0) is 32.0 Å². The zero-order valence-corrected chi connectivity index (χ0v) is 10.9. The van der Waals surface area contributed by atoms with Gasteiger partial charge in [0.1, 0.15) is 11.5 Å². The topological polar surface area (TPSA) is 51.5 Å². The molecule has 0 saturated carbocycles. The first-order valence-corrected chi connectivity index (χ1v) is 7.35. The van der Waals surface area contributed by atoms with Crippen LogP contribution in [-0.2, 0) is 27.8 Å². The van der Waals surface area contributed by atoms with Crippen LogP contribution in [0.4, 0.5) is 0 Å². The van der Waals surface area contributed by atoms with E-state index in [0.29, 0.717) is 12.3 Å². The lowest BCUT2D eigenvalue weighted by atomic mass is 10.2. The number of furan rings is 1. The van der Waals surface area contributed by atoms with Crippen LogP contribution in [0.5, 0.6) is 0 Å². The van der Waals surface area contributed by atoms with E-state index in [2.05, 4.69) is 5.32 Å². The summed E-state index contributed by atoms with van der Waals surface area (Å²) in [5.41, 5.74) is 0. The Kier molecular flexibility index (Phi) is 4.76. The first-order valence-electron chi connectivity index (χ1n) is 5.96. The maximum Gasteiger partial charge on any atom is 0.117 e. The molecule has 1 fully saturated rings. The summed E-state index contributed by atoms with van der Waals surface area (Å²) < 4.78 is 23.0. The second kappa shape index (κ2) is 6.33. The Labute approximate surface area is 104 Å². The molecule has 1 aromatic heterocycles. The molecule has 1 aliphatic rings. The van der Waals surface area contributed by atoms with Crippen molar-refractivity contribution in [3.05, 3.63) is 23.7 Å². The Morgan fingerprint density at radius 2 is 2.06 bits per heavy atom. The number of rotatable bonds is 5. The quantitative estimate of drug-likeness (QED) is 0.867. The average Bonchev–Trinajstić information content (AvgIpc) is 2.78. The van der Waals surface area contributed by atoms with Crippen LogP contribution in [0.2, 0.25) is 0 Å². The highest BCUT2D eigenvalue weighted by molar-refractivity contribution is 7.84. The zero-order chi connectivity index (χ0) is 12.1. The molecule has 1 atom stereocenters. The predicted octanol–water partition coefficient (Wildman–Crippen LogP) is 1.43. The minimum absolute atomic E-state index is 0.265. The van der Waals surface area contributed by atoms with Crippen molar-refractivity contribution in [3.8, 4) is 0 Å². The average molecular weight is 257 g/mol. The first kappa shape index (κ1) is 12.8. The van der Waals surface area contributed by atoms with E-state index in [1.54, 1.807) is 0 Å². The third-order valence-corrected chi connectivity index (χ3v) is 4.68. The number of hydrogen-bond donors (Lipinski definition) is 1. The summed E-state index contributed by atoms with van der Waals surface area (Å²) in [4.78, 5) is 0. The molecule has 0 aliphatic carbocycles. The maximum atomic E-state index is 12.1. The second-order valence-electron chi connectivity index (χ2n) is 4.24. The largest absolute Gasteiger partial charge is 0.464 e. The lowest BCUT2D eigenvalue weighted by Crippen LogP contribution is -2.25. The Morgan fingerprint density at radius 3 is 2.76 bits per heavy atom. The van der Waals surface area contributed by atoms with Crippen molar-refractivity contribution in [2.24, 2.45) is 0 Å². The molecule has 4 nitrogen and oxygen atoms in total. The van der Waals surface area contributed by atoms with Gasteiger partial charge in [0.2, 0.25) is 0 Å². The molecule has 1 saturated heterocycles. The fourth-order valence-electron chi connectivity index (χ4n) is 1.97. The molecule has 5 heteroatoms. The van der Waals surface area contributed by atoms with Crippen molar-refractivity contribution in [1.82, 2.24) is 5.32 Å². The highest BCUT2D eigenvalue weighted by Gasteiger charge is 2.21. The predicted molar refractivity (Wildman–Crippen MR) is 67.2 cm³/mol. The monoisotopic (exact) mass is 257 g/mol. The van der Waals surface area contributed by atoms with E-state index >= 15 is 0 Å². The maximum absolute atomic E-state index is 12.1. The molecule has 1 aromatic rings. The van der Waals surface area contributed by atoms with Crippen molar-refractivity contribution in [3.63, 3.8) is 0 Å². The third-order valence-electron chi connectivity index (χ3n) is 2.89. The van der Waals surface area contributed by atoms with E-state index in [1.165, 1.54) is 0 Å². The smallest absolute Gasteiger partial charge is 0.117 e. The second-order valence-corrected chi connectivity index (χ2v) is 5.95. The van der Waals surface area contributed by atoms with Crippen molar-refractivity contribution < 1.29 is 13.4 Å². The van der Waals surface area contributed by atoms with Gasteiger partial charge in [0.05, 0.1) is 12.3 Å². The molecule has 0 bridgehead atoms. The van der Waals surface area contributed by atoms with Gasteiger partial charge in [0.15, 0.2) is 0 Å². The van der Waals surface area contributed by atoms with Gasteiger partial charge in [0.25, 0.3) is 0 Å². The van der Waals surface area contributed by atoms with Gasteiger partial charge in [0, 0.05) is 29.3 Å². The summed E-state index contributed by atoms with van der Waals surface area (Å²) >= 11 is 0. The third kappa shape index (κ3) is 3.66. The Bertz CT molecular complexity index is 372. The molecule has 2 rings (SSSR count). The van der Waals surface area contributed by atoms with Crippen LogP contribution in [0.15, 0.2) is 16.5 Å². The minimum atomic E-state index is -0.842. The highest BCUT2D eigenvalue weighted by Crippen LogP contribution is 2.18. The van der Waals surface area contributed by atoms with E-state index in [1.807, 2.05) is 19.2 Å². The molecular formula is C12H19NO3S. The Balaban J connectivity index is 1.88. The van der Waals surface area contributed by atoms with Crippen LogP contribution >= 0.6 is 0 Å². The van der Waals surface area contributed by atoms with Crippen molar-refractivity contribution in [1.29, 1.82) is 0 Å². The Morgan fingerprint density at radius 1 is 1.35 bits per heavy atom. The molecule has 1 unspecified atom stereocenters. The van der Waals surface area contributed by atoms with Crippen LogP contribution in [0.1, 0.15) is 24.4 Å². The van der Waals surface area contributed by atoms with Gasteiger partial charge in [-0.3, -0.25) is 4.21 Å². The van der Waals surface area contributed by atoms with Gasteiger partial charge >= 0.3 is 0 Å². The van der Waals surface area contributed by atoms with Gasteiger partial charge in [-0.15, -0.1) is 0 Å². The summed E-state index contributed by atoms with van der Waals surface area (Å²) in [5.74, 6) is 2.24. The van der Waals surface area contributed by atoms with E-state index in [9.17, 15) is 4.21 Å². The normalized spacial score (nSPS) is 19.4. The van der Waals surface area contributed by atoms with Crippen molar-refractivity contribution in [2.45, 2.75) is 30.4 Å². The number of nitrogens with one attached hydrogen (secondary N) is 1. The summed E-state index contributed by atoms with van der Waals surface area (Å²) in [6.45, 7) is 2.18. The molecule has 1 aliphatic heterocycles. The van der Waals surface area contributed by atoms with E-state index in [-0.39, 0.29) is 5.25 Å². The Hall–Kier alpha value is -0.650. The number of ether oxygens (including phenoxy) is 1. The molecule has 0 spiro atoms. The lowest BCUT2D eigenvalue weighted by molar-refractivity contribution is 0.0991. The zero-order valence-electron chi connectivity index (χ0n) is 10.1. The fraction of sp³-hybridized carbons (Fsp3) is 0.667. The molecule has 1 N–H and O–H groups in total. The summed E-state index contributed by atoms with van der Waals surface area (Å²) in [6.07, 6.45) is 1.80. The number of hydrogen-bond acceptors (Lipinski definition) is 4. The molecule has 2 heterocycles. The van der Waals surface area contributed by atoms with Crippen LogP contribution in [0, 0.1) is 0 Å². The van der Waals surface area contributed by atoms with Gasteiger partial charge in [-0.2, -0.15) is 0 Å². The summed E-state index contributed by atoms with van der Waals surface area (Å²) in [6, 6.07) is 3.86. The minimum Gasteiger partial charge on any atom is -0.464 e. The molecule has 17 heavy (non-hydrogen) atoms. The van der Waals surface area contributed by atoms with Crippen LogP contribution in [0.25, 0.3) is 0 Å². The van der Waals surface area contributed by atoms with Crippen molar-refractivity contribution >= 4 is 10.8 Å². The van der Waals surface area contributed by atoms with Gasteiger partial charge < -0.3 is 14.5 Å². The van der Waals surface area contributed by atoms with Crippen LogP contribution in [-0.4, -0.2) is 29.7 Å². The van der Waals surface area contributed by atoms with Gasteiger partial charge in [-0.1, -0.05) is 0 Å². The molecule has 96 valence electrons. The lowest BCUT2D eigenvalue weighted by Gasteiger charge is -2.20. The molecule has 0 amide bonds. The molecular weight excluding hydrogens is 238 g/mol. The highest BCUT2D eigenvalue weighted by atomic mass is 32.2. The standard InChI is InChI=1S/C12H19NO3S/c1-13-8-10-2-3-11(16-10)9-17(14)12-4-6-15-7-5-12/h2-3,12-13H,4-9H2,1H3. The molecule has 0 radical (unpaired) electrons. The molecule has 0 aromatic carbocycles. The van der Waals surface area contributed by atoms with Crippen LogP contribution in [0.3, 0.4) is 0 Å². The first-order chi connectivity index (χ1) is 8.29. The summed E-state index contributed by atoms with van der Waals surface area (Å²) in [5, 5.41) is 3.29. The van der Waals surface area contributed by atoms with E-state index in [4.69, 9.17) is 9.15 Å².